The fourth-order valence-electron chi connectivity index (χ4n) is 4.88. The zero-order chi connectivity index (χ0) is 20.4. The molecule has 0 spiro atoms. The number of hydrogen-bond acceptors (Lipinski definition) is 3. The van der Waals surface area contributed by atoms with Crippen LogP contribution in [0.5, 0.6) is 0 Å². The van der Waals surface area contributed by atoms with Gasteiger partial charge in [0.1, 0.15) is 11.2 Å². The number of likely N-dealkylation sites (N-methyl/N-ethyl adjacent to an activating group) is 1. The molecule has 2 unspecified atom stereocenters. The van der Waals surface area contributed by atoms with Crippen molar-refractivity contribution >= 4 is 33.4 Å². The van der Waals surface area contributed by atoms with Crippen LogP contribution in [0.4, 0.5) is 5.69 Å². The van der Waals surface area contributed by atoms with E-state index in [1.54, 1.807) is 0 Å². The van der Waals surface area contributed by atoms with Crippen molar-refractivity contribution in [3.05, 3.63) is 90.0 Å². The molecule has 1 aliphatic carbocycles. The molecule has 1 aliphatic heterocycles. The van der Waals surface area contributed by atoms with Gasteiger partial charge in [-0.2, -0.15) is 0 Å². The minimum absolute atomic E-state index is 0.0751. The van der Waals surface area contributed by atoms with Crippen LogP contribution in [0.25, 0.3) is 33.1 Å². The second-order valence-corrected chi connectivity index (χ2v) is 8.26. The Labute approximate surface area is 174 Å². The normalized spacial score (nSPS) is 20.1. The van der Waals surface area contributed by atoms with Crippen LogP contribution in [-0.4, -0.2) is 18.9 Å². The van der Waals surface area contributed by atoms with Crippen LogP contribution >= 0.6 is 0 Å². The summed E-state index contributed by atoms with van der Waals surface area (Å²) < 4.78 is 6.19. The smallest absolute Gasteiger partial charge is 0.174 e. The first-order chi connectivity index (χ1) is 14.6. The Morgan fingerprint density at radius 2 is 1.70 bits per heavy atom. The number of Topliss-reactive ketones (excluding diaryl/α,β-unsaturated/α-hetero) is 1. The molecule has 2 heterocycles. The summed E-state index contributed by atoms with van der Waals surface area (Å²) in [6, 6.07) is 18.8. The SMILES string of the molecule is Cc1cccc2c1oc1cc(-c3ccc4c(c3)N(C)C3C=CC=CC3C4=O)ccc12. The van der Waals surface area contributed by atoms with Gasteiger partial charge in [-0.1, -0.05) is 54.6 Å². The number of benzene rings is 3. The second-order valence-electron chi connectivity index (χ2n) is 8.26. The van der Waals surface area contributed by atoms with Gasteiger partial charge in [-0.15, -0.1) is 0 Å². The summed E-state index contributed by atoms with van der Waals surface area (Å²) in [5.74, 6) is 0.0944. The van der Waals surface area contributed by atoms with Gasteiger partial charge >= 0.3 is 0 Å². The third-order valence-electron chi connectivity index (χ3n) is 6.53. The number of allylic oxidation sites excluding steroid dienone is 2. The molecule has 0 amide bonds. The van der Waals surface area contributed by atoms with Crippen LogP contribution in [0.2, 0.25) is 0 Å². The molecule has 3 nitrogen and oxygen atoms in total. The van der Waals surface area contributed by atoms with Gasteiger partial charge < -0.3 is 9.32 Å². The molecule has 6 rings (SSSR count). The van der Waals surface area contributed by atoms with Gasteiger partial charge in [0.15, 0.2) is 5.78 Å². The highest BCUT2D eigenvalue weighted by Crippen LogP contribution is 2.39. The summed E-state index contributed by atoms with van der Waals surface area (Å²) in [6.45, 7) is 2.07. The van der Waals surface area contributed by atoms with Crippen molar-refractivity contribution in [1.29, 1.82) is 0 Å². The summed E-state index contributed by atoms with van der Waals surface area (Å²) in [7, 11) is 2.07. The van der Waals surface area contributed by atoms with Crippen LogP contribution in [0.3, 0.4) is 0 Å². The Hall–Kier alpha value is -3.59. The van der Waals surface area contributed by atoms with Crippen LogP contribution in [0, 0.1) is 12.8 Å². The molecule has 3 aromatic carbocycles. The van der Waals surface area contributed by atoms with E-state index in [-0.39, 0.29) is 17.7 Å². The van der Waals surface area contributed by atoms with Gasteiger partial charge in [0.25, 0.3) is 0 Å². The van der Waals surface area contributed by atoms with Gasteiger partial charge in [0.2, 0.25) is 0 Å². The topological polar surface area (TPSA) is 33.5 Å². The van der Waals surface area contributed by atoms with Crippen molar-refractivity contribution in [1.82, 2.24) is 0 Å². The summed E-state index contributed by atoms with van der Waals surface area (Å²) in [6.07, 6.45) is 8.12. The second kappa shape index (κ2) is 6.20. The van der Waals surface area contributed by atoms with E-state index < -0.39 is 0 Å². The van der Waals surface area contributed by atoms with Crippen molar-refractivity contribution in [2.75, 3.05) is 11.9 Å². The lowest BCUT2D eigenvalue weighted by molar-refractivity contribution is 0.0929. The summed E-state index contributed by atoms with van der Waals surface area (Å²) in [5, 5.41) is 2.28. The van der Waals surface area contributed by atoms with E-state index in [4.69, 9.17) is 4.42 Å². The molecule has 4 aromatic rings. The largest absolute Gasteiger partial charge is 0.456 e. The molecular weight excluding hydrogens is 370 g/mol. The first kappa shape index (κ1) is 17.3. The number of fused-ring (bicyclic) bond motifs is 5. The van der Waals surface area contributed by atoms with Gasteiger partial charge in [-0.3, -0.25) is 4.79 Å². The van der Waals surface area contributed by atoms with E-state index >= 15 is 0 Å². The van der Waals surface area contributed by atoms with Crippen molar-refractivity contribution in [3.63, 3.8) is 0 Å². The van der Waals surface area contributed by atoms with E-state index in [1.807, 2.05) is 30.4 Å². The summed E-state index contributed by atoms with van der Waals surface area (Å²) in [4.78, 5) is 15.2. The summed E-state index contributed by atoms with van der Waals surface area (Å²) in [5.41, 5.74) is 6.93. The maximum Gasteiger partial charge on any atom is 0.174 e. The highest BCUT2D eigenvalue weighted by molar-refractivity contribution is 6.08. The molecule has 1 aromatic heterocycles. The number of rotatable bonds is 1. The molecule has 0 fully saturated rings. The Morgan fingerprint density at radius 1 is 0.900 bits per heavy atom. The fourth-order valence-corrected chi connectivity index (χ4v) is 4.88. The number of nitrogens with zero attached hydrogens (tertiary/aromatic N) is 1. The number of carbonyl (C=O) groups excluding carboxylic acids is 1. The lowest BCUT2D eigenvalue weighted by atomic mass is 9.81. The molecule has 0 saturated heterocycles. The first-order valence-electron chi connectivity index (χ1n) is 10.3. The highest BCUT2D eigenvalue weighted by atomic mass is 16.3. The number of anilines is 1. The van der Waals surface area contributed by atoms with E-state index in [2.05, 4.69) is 67.4 Å². The number of furan rings is 1. The van der Waals surface area contributed by atoms with E-state index in [0.717, 1.165) is 49.9 Å². The van der Waals surface area contributed by atoms with Crippen LogP contribution in [-0.2, 0) is 0 Å². The number of para-hydroxylation sites is 1. The van der Waals surface area contributed by atoms with E-state index in [0.29, 0.717) is 0 Å². The van der Waals surface area contributed by atoms with Gasteiger partial charge in [0.05, 0.1) is 12.0 Å². The van der Waals surface area contributed by atoms with Crippen molar-refractivity contribution in [3.8, 4) is 11.1 Å². The van der Waals surface area contributed by atoms with Crippen LogP contribution in [0.1, 0.15) is 15.9 Å². The Kier molecular flexibility index (Phi) is 3.57. The average molecular weight is 391 g/mol. The third kappa shape index (κ3) is 2.35. The van der Waals surface area contributed by atoms with Gasteiger partial charge in [0, 0.05) is 29.1 Å². The Balaban J connectivity index is 1.48. The number of hydrogen-bond donors (Lipinski definition) is 0. The molecule has 0 N–H and O–H groups in total. The average Bonchev–Trinajstić information content (AvgIpc) is 3.16. The molecule has 3 heteroatoms. The monoisotopic (exact) mass is 391 g/mol. The number of aryl methyl sites for hydroxylation is 1. The predicted molar refractivity (Wildman–Crippen MR) is 122 cm³/mol. The quantitative estimate of drug-likeness (QED) is 0.381. The van der Waals surface area contributed by atoms with Crippen molar-refractivity contribution in [2.45, 2.75) is 13.0 Å². The standard InChI is InChI=1S/C27H21NO2/c1-16-6-5-8-20-19-12-10-18(15-25(19)30-27(16)20)17-11-13-22-24(14-17)28(2)23-9-4-3-7-21(23)26(22)29/h3-15,21,23H,1-2H3. The summed E-state index contributed by atoms with van der Waals surface area (Å²) >= 11 is 0. The van der Waals surface area contributed by atoms with Gasteiger partial charge in [-0.05, 0) is 47.9 Å². The lowest BCUT2D eigenvalue weighted by Gasteiger charge is -2.39. The zero-order valence-corrected chi connectivity index (χ0v) is 16.9. The predicted octanol–water partition coefficient (Wildman–Crippen LogP) is 6.30. The minimum atomic E-state index is -0.103. The Bertz CT molecular complexity index is 1410. The molecule has 30 heavy (non-hydrogen) atoms. The van der Waals surface area contributed by atoms with Crippen molar-refractivity contribution in [2.24, 2.45) is 5.92 Å². The third-order valence-corrected chi connectivity index (χ3v) is 6.53. The molecule has 0 bridgehead atoms. The molecule has 2 atom stereocenters. The lowest BCUT2D eigenvalue weighted by Crippen LogP contribution is -2.45. The molecule has 2 aliphatic rings. The fraction of sp³-hybridized carbons (Fsp3) is 0.148. The number of carbonyl (C=O) groups is 1. The first-order valence-corrected chi connectivity index (χ1v) is 10.3. The zero-order valence-electron chi connectivity index (χ0n) is 16.9. The minimum Gasteiger partial charge on any atom is -0.456 e. The molecule has 0 saturated carbocycles. The highest BCUT2D eigenvalue weighted by Gasteiger charge is 2.36. The maximum atomic E-state index is 13.0. The molecular formula is C27H21NO2. The van der Waals surface area contributed by atoms with Crippen LogP contribution in [0.15, 0.2) is 83.3 Å². The molecule has 146 valence electrons. The van der Waals surface area contributed by atoms with E-state index in [1.165, 1.54) is 0 Å². The van der Waals surface area contributed by atoms with Gasteiger partial charge in [-0.25, -0.2) is 0 Å². The Morgan fingerprint density at radius 3 is 2.60 bits per heavy atom. The van der Waals surface area contributed by atoms with Crippen LogP contribution < -0.4 is 4.90 Å². The maximum absolute atomic E-state index is 13.0. The van der Waals surface area contributed by atoms with E-state index in [9.17, 15) is 4.79 Å². The van der Waals surface area contributed by atoms with Crippen molar-refractivity contribution < 1.29 is 9.21 Å². The molecule has 0 radical (unpaired) electrons. The number of ketones is 1.